The minimum atomic E-state index is -0.735. The van der Waals surface area contributed by atoms with Gasteiger partial charge in [0.2, 0.25) is 0 Å². The Kier molecular flexibility index (Phi) is 2.13. The van der Waals surface area contributed by atoms with E-state index in [1.807, 2.05) is 24.3 Å². The van der Waals surface area contributed by atoms with Gasteiger partial charge in [-0.1, -0.05) is 18.2 Å². The van der Waals surface area contributed by atoms with Gasteiger partial charge in [-0.25, -0.2) is 0 Å². The summed E-state index contributed by atoms with van der Waals surface area (Å²) in [4.78, 5) is 11.3. The molecule has 1 aliphatic carbocycles. The number of para-hydroxylation sites is 1. The number of carboxylic acid groups (broad SMARTS) is 1. The second-order valence-electron chi connectivity index (χ2n) is 4.66. The number of ether oxygens (including phenoxy) is 1. The number of benzene rings is 1. The quantitative estimate of drug-likeness (QED) is 0.829. The molecule has 0 saturated heterocycles. The zero-order valence-electron chi connectivity index (χ0n) is 8.93. The van der Waals surface area contributed by atoms with E-state index >= 15 is 0 Å². The lowest BCUT2D eigenvalue weighted by Gasteiger charge is -2.30. The maximum absolute atomic E-state index is 11.3. The summed E-state index contributed by atoms with van der Waals surface area (Å²) in [7, 11) is 0. The molecule has 0 aromatic heterocycles. The minimum absolute atomic E-state index is 0.107. The normalized spacial score (nSPS) is 28.0. The first-order valence-electron chi connectivity index (χ1n) is 5.74. The van der Waals surface area contributed by atoms with Crippen LogP contribution in [0.25, 0.3) is 0 Å². The predicted octanol–water partition coefficient (Wildman–Crippen LogP) is 2.42. The molecule has 2 aliphatic rings. The summed E-state index contributed by atoms with van der Waals surface area (Å²) in [5.41, 5.74) is 0.826. The number of carboxylic acids is 1. The molecule has 1 N–H and O–H groups in total. The van der Waals surface area contributed by atoms with Crippen LogP contribution >= 0.6 is 0 Å². The van der Waals surface area contributed by atoms with Crippen LogP contribution in [0, 0.1) is 5.92 Å². The molecule has 3 nitrogen and oxygen atoms in total. The Labute approximate surface area is 94.0 Å². The van der Waals surface area contributed by atoms with E-state index in [2.05, 4.69) is 0 Å². The van der Waals surface area contributed by atoms with Crippen molar-refractivity contribution in [3.63, 3.8) is 0 Å². The number of hydrogen-bond acceptors (Lipinski definition) is 2. The SMILES string of the molecule is O=C(O)C1CC(C2CC2)Oc2ccccc21. The van der Waals surface area contributed by atoms with Gasteiger partial charge >= 0.3 is 5.97 Å². The second-order valence-corrected chi connectivity index (χ2v) is 4.66. The van der Waals surface area contributed by atoms with Gasteiger partial charge in [0, 0.05) is 12.0 Å². The summed E-state index contributed by atoms with van der Waals surface area (Å²) >= 11 is 0. The number of fused-ring (bicyclic) bond motifs is 1. The first-order chi connectivity index (χ1) is 7.75. The van der Waals surface area contributed by atoms with E-state index in [1.54, 1.807) is 0 Å². The van der Waals surface area contributed by atoms with E-state index in [0.717, 1.165) is 11.3 Å². The van der Waals surface area contributed by atoms with Gasteiger partial charge in [0.1, 0.15) is 11.9 Å². The van der Waals surface area contributed by atoms with E-state index in [-0.39, 0.29) is 6.10 Å². The molecule has 3 rings (SSSR count). The van der Waals surface area contributed by atoms with Crippen LogP contribution in [0.3, 0.4) is 0 Å². The molecule has 1 fully saturated rings. The molecule has 1 aromatic carbocycles. The van der Waals surface area contributed by atoms with Gasteiger partial charge in [-0.15, -0.1) is 0 Å². The molecule has 3 heteroatoms. The van der Waals surface area contributed by atoms with Crippen molar-refractivity contribution in [1.29, 1.82) is 0 Å². The van der Waals surface area contributed by atoms with Gasteiger partial charge in [-0.3, -0.25) is 4.79 Å². The average Bonchev–Trinajstić information content (AvgIpc) is 3.11. The Hall–Kier alpha value is -1.51. The average molecular weight is 218 g/mol. The van der Waals surface area contributed by atoms with Gasteiger partial charge in [-0.2, -0.15) is 0 Å². The first-order valence-corrected chi connectivity index (χ1v) is 5.74. The van der Waals surface area contributed by atoms with Crippen molar-refractivity contribution in [3.05, 3.63) is 29.8 Å². The molecular formula is C13H14O3. The number of aliphatic carboxylic acids is 1. The maximum atomic E-state index is 11.3. The molecular weight excluding hydrogens is 204 g/mol. The van der Waals surface area contributed by atoms with Crippen LogP contribution in [0.15, 0.2) is 24.3 Å². The van der Waals surface area contributed by atoms with Crippen LogP contribution in [-0.4, -0.2) is 17.2 Å². The Morgan fingerprint density at radius 1 is 1.31 bits per heavy atom. The number of rotatable bonds is 2. The van der Waals surface area contributed by atoms with E-state index in [9.17, 15) is 9.90 Å². The highest BCUT2D eigenvalue weighted by Gasteiger charge is 2.40. The van der Waals surface area contributed by atoms with Crippen molar-refractivity contribution < 1.29 is 14.6 Å². The van der Waals surface area contributed by atoms with Gasteiger partial charge in [0.25, 0.3) is 0 Å². The molecule has 0 bridgehead atoms. The highest BCUT2D eigenvalue weighted by Crippen LogP contribution is 2.44. The van der Waals surface area contributed by atoms with E-state index in [1.165, 1.54) is 12.8 Å². The second kappa shape index (κ2) is 3.51. The van der Waals surface area contributed by atoms with Crippen LogP contribution in [0.5, 0.6) is 5.75 Å². The molecule has 16 heavy (non-hydrogen) atoms. The monoisotopic (exact) mass is 218 g/mol. The molecule has 2 unspecified atom stereocenters. The third kappa shape index (κ3) is 1.56. The number of carbonyl (C=O) groups is 1. The van der Waals surface area contributed by atoms with Crippen molar-refractivity contribution in [2.24, 2.45) is 5.92 Å². The molecule has 0 amide bonds. The largest absolute Gasteiger partial charge is 0.490 e. The zero-order chi connectivity index (χ0) is 11.1. The summed E-state index contributed by atoms with van der Waals surface area (Å²) in [6, 6.07) is 7.50. The molecule has 1 aromatic rings. The highest BCUT2D eigenvalue weighted by molar-refractivity contribution is 5.77. The summed E-state index contributed by atoms with van der Waals surface area (Å²) < 4.78 is 5.87. The summed E-state index contributed by atoms with van der Waals surface area (Å²) in [6.07, 6.45) is 3.09. The lowest BCUT2D eigenvalue weighted by atomic mass is 9.88. The van der Waals surface area contributed by atoms with E-state index < -0.39 is 11.9 Å². The predicted molar refractivity (Wildman–Crippen MR) is 58.6 cm³/mol. The molecule has 1 saturated carbocycles. The van der Waals surface area contributed by atoms with Gasteiger partial charge in [-0.05, 0) is 24.8 Å². The lowest BCUT2D eigenvalue weighted by molar-refractivity contribution is -0.140. The Bertz CT molecular complexity index is 423. The summed E-state index contributed by atoms with van der Waals surface area (Å²) in [6.45, 7) is 0. The zero-order valence-corrected chi connectivity index (χ0v) is 8.93. The van der Waals surface area contributed by atoms with Gasteiger partial charge in [0.15, 0.2) is 0 Å². The molecule has 1 aliphatic heterocycles. The van der Waals surface area contributed by atoms with E-state index in [4.69, 9.17) is 4.74 Å². The van der Waals surface area contributed by atoms with Crippen molar-refractivity contribution in [2.45, 2.75) is 31.3 Å². The van der Waals surface area contributed by atoms with Crippen LogP contribution in [0.1, 0.15) is 30.7 Å². The van der Waals surface area contributed by atoms with Crippen molar-refractivity contribution in [2.75, 3.05) is 0 Å². The Morgan fingerprint density at radius 2 is 2.06 bits per heavy atom. The van der Waals surface area contributed by atoms with Gasteiger partial charge in [0.05, 0.1) is 5.92 Å². The highest BCUT2D eigenvalue weighted by atomic mass is 16.5. The molecule has 1 heterocycles. The Morgan fingerprint density at radius 3 is 2.75 bits per heavy atom. The third-order valence-electron chi connectivity index (χ3n) is 3.49. The van der Waals surface area contributed by atoms with Crippen LogP contribution in [0.2, 0.25) is 0 Å². The van der Waals surface area contributed by atoms with Crippen molar-refractivity contribution in [1.82, 2.24) is 0 Å². The molecule has 0 spiro atoms. The maximum Gasteiger partial charge on any atom is 0.311 e. The third-order valence-corrected chi connectivity index (χ3v) is 3.49. The molecule has 84 valence electrons. The van der Waals surface area contributed by atoms with Crippen LogP contribution in [-0.2, 0) is 4.79 Å². The van der Waals surface area contributed by atoms with Gasteiger partial charge < -0.3 is 9.84 Å². The standard InChI is InChI=1S/C13H14O3/c14-13(15)10-7-12(8-5-6-8)16-11-4-2-1-3-9(10)11/h1-4,8,10,12H,5-7H2,(H,14,15). The molecule has 0 radical (unpaired) electrons. The first kappa shape index (κ1) is 9.70. The van der Waals surface area contributed by atoms with Crippen LogP contribution < -0.4 is 4.74 Å². The fraction of sp³-hybridized carbons (Fsp3) is 0.462. The smallest absolute Gasteiger partial charge is 0.311 e. The minimum Gasteiger partial charge on any atom is -0.490 e. The topological polar surface area (TPSA) is 46.5 Å². The van der Waals surface area contributed by atoms with Crippen molar-refractivity contribution in [3.8, 4) is 5.75 Å². The number of hydrogen-bond donors (Lipinski definition) is 1. The fourth-order valence-electron chi connectivity index (χ4n) is 2.44. The Balaban J connectivity index is 1.96. The van der Waals surface area contributed by atoms with Crippen molar-refractivity contribution >= 4 is 5.97 Å². The van der Waals surface area contributed by atoms with Crippen LogP contribution in [0.4, 0.5) is 0 Å². The van der Waals surface area contributed by atoms with E-state index in [0.29, 0.717) is 12.3 Å². The summed E-state index contributed by atoms with van der Waals surface area (Å²) in [5.74, 6) is 0.213. The molecule has 2 atom stereocenters. The fourth-order valence-corrected chi connectivity index (χ4v) is 2.44. The summed E-state index contributed by atoms with van der Waals surface area (Å²) in [5, 5.41) is 9.25. The lowest BCUT2D eigenvalue weighted by Crippen LogP contribution is -2.30.